The molecule has 0 spiro atoms. The van der Waals surface area contributed by atoms with E-state index in [4.69, 9.17) is 0 Å². The minimum absolute atomic E-state index is 0.417. The third kappa shape index (κ3) is 2.40. The van der Waals surface area contributed by atoms with Gasteiger partial charge >= 0.3 is 0 Å². The molecule has 0 radical (unpaired) electrons. The standard InChI is InChI=1S/C14H20O/c1-11-5-3-4-6-13(11)12-7-9-14(2,15)10-8-12/h3-6,12,15H,7-10H2,1-2H3. The molecule has 0 atom stereocenters. The van der Waals surface area contributed by atoms with Gasteiger partial charge in [0.1, 0.15) is 0 Å². The Hall–Kier alpha value is -0.820. The van der Waals surface area contributed by atoms with Crippen LogP contribution in [-0.4, -0.2) is 10.7 Å². The average Bonchev–Trinajstić information content (AvgIpc) is 2.19. The zero-order valence-corrected chi connectivity index (χ0v) is 9.66. The van der Waals surface area contributed by atoms with Crippen LogP contribution >= 0.6 is 0 Å². The highest BCUT2D eigenvalue weighted by molar-refractivity contribution is 5.29. The highest BCUT2D eigenvalue weighted by atomic mass is 16.3. The summed E-state index contributed by atoms with van der Waals surface area (Å²) in [6, 6.07) is 8.63. The summed E-state index contributed by atoms with van der Waals surface area (Å²) in [7, 11) is 0. The van der Waals surface area contributed by atoms with E-state index in [1.807, 2.05) is 6.92 Å². The van der Waals surface area contributed by atoms with Gasteiger partial charge in [0.05, 0.1) is 5.60 Å². The third-order valence-corrected chi connectivity index (χ3v) is 3.69. The number of hydrogen-bond acceptors (Lipinski definition) is 1. The minimum atomic E-state index is -0.417. The highest BCUT2D eigenvalue weighted by Crippen LogP contribution is 2.38. The molecule has 1 aromatic carbocycles. The fourth-order valence-electron chi connectivity index (χ4n) is 2.60. The summed E-state index contributed by atoms with van der Waals surface area (Å²) < 4.78 is 0. The van der Waals surface area contributed by atoms with E-state index in [1.54, 1.807) is 0 Å². The molecule has 1 aliphatic carbocycles. The van der Waals surface area contributed by atoms with Crippen molar-refractivity contribution in [3.05, 3.63) is 35.4 Å². The summed E-state index contributed by atoms with van der Waals surface area (Å²) in [5.41, 5.74) is 2.45. The lowest BCUT2D eigenvalue weighted by atomic mass is 9.76. The van der Waals surface area contributed by atoms with E-state index in [0.29, 0.717) is 5.92 Å². The van der Waals surface area contributed by atoms with Crippen molar-refractivity contribution in [2.75, 3.05) is 0 Å². The Bertz CT molecular complexity index is 331. The third-order valence-electron chi connectivity index (χ3n) is 3.69. The zero-order valence-electron chi connectivity index (χ0n) is 9.66. The minimum Gasteiger partial charge on any atom is -0.390 e. The van der Waals surface area contributed by atoms with Gasteiger partial charge in [0.15, 0.2) is 0 Å². The van der Waals surface area contributed by atoms with E-state index in [0.717, 1.165) is 25.7 Å². The molecular formula is C14H20O. The van der Waals surface area contributed by atoms with E-state index < -0.39 is 5.60 Å². The van der Waals surface area contributed by atoms with Crippen molar-refractivity contribution in [2.45, 2.75) is 51.0 Å². The van der Waals surface area contributed by atoms with Crippen LogP contribution in [0.15, 0.2) is 24.3 Å². The second kappa shape index (κ2) is 3.97. The van der Waals surface area contributed by atoms with Crippen LogP contribution in [-0.2, 0) is 0 Å². The SMILES string of the molecule is Cc1ccccc1C1CCC(C)(O)CC1. The predicted octanol–water partition coefficient (Wildman–Crippen LogP) is 3.40. The van der Waals surface area contributed by atoms with Gasteiger partial charge in [-0.05, 0) is 56.6 Å². The van der Waals surface area contributed by atoms with Crippen molar-refractivity contribution in [3.8, 4) is 0 Å². The first-order valence-electron chi connectivity index (χ1n) is 5.86. The van der Waals surface area contributed by atoms with Gasteiger partial charge in [-0.1, -0.05) is 24.3 Å². The number of rotatable bonds is 1. The Morgan fingerprint density at radius 1 is 1.20 bits per heavy atom. The fraction of sp³-hybridized carbons (Fsp3) is 0.571. The Balaban J connectivity index is 2.11. The topological polar surface area (TPSA) is 20.2 Å². The molecule has 1 fully saturated rings. The quantitative estimate of drug-likeness (QED) is 0.743. The van der Waals surface area contributed by atoms with E-state index in [2.05, 4.69) is 31.2 Å². The second-order valence-corrected chi connectivity index (χ2v) is 5.13. The summed E-state index contributed by atoms with van der Waals surface area (Å²) >= 11 is 0. The van der Waals surface area contributed by atoms with Crippen LogP contribution in [0.5, 0.6) is 0 Å². The Morgan fingerprint density at radius 2 is 1.80 bits per heavy atom. The van der Waals surface area contributed by atoms with E-state index in [-0.39, 0.29) is 0 Å². The zero-order chi connectivity index (χ0) is 10.9. The molecule has 1 saturated carbocycles. The summed E-state index contributed by atoms with van der Waals surface area (Å²) in [4.78, 5) is 0. The van der Waals surface area contributed by atoms with Gasteiger partial charge in [-0.25, -0.2) is 0 Å². The molecule has 0 heterocycles. The monoisotopic (exact) mass is 204 g/mol. The number of hydrogen-bond donors (Lipinski definition) is 1. The van der Waals surface area contributed by atoms with Gasteiger partial charge in [-0.2, -0.15) is 0 Å². The molecule has 0 aromatic heterocycles. The Morgan fingerprint density at radius 3 is 2.40 bits per heavy atom. The molecule has 1 nitrogen and oxygen atoms in total. The maximum atomic E-state index is 9.91. The summed E-state index contributed by atoms with van der Waals surface area (Å²) in [5, 5.41) is 9.91. The van der Waals surface area contributed by atoms with Gasteiger partial charge in [0, 0.05) is 0 Å². The van der Waals surface area contributed by atoms with Crippen LogP contribution < -0.4 is 0 Å². The number of benzene rings is 1. The molecule has 0 bridgehead atoms. The molecule has 1 aromatic rings. The Labute approximate surface area is 92.1 Å². The molecule has 2 rings (SSSR count). The second-order valence-electron chi connectivity index (χ2n) is 5.13. The average molecular weight is 204 g/mol. The first-order valence-corrected chi connectivity index (χ1v) is 5.86. The van der Waals surface area contributed by atoms with Crippen molar-refractivity contribution >= 4 is 0 Å². The highest BCUT2D eigenvalue weighted by Gasteiger charge is 2.29. The largest absolute Gasteiger partial charge is 0.390 e. The van der Waals surface area contributed by atoms with Gasteiger partial charge in [-0.15, -0.1) is 0 Å². The van der Waals surface area contributed by atoms with E-state index in [9.17, 15) is 5.11 Å². The molecular weight excluding hydrogens is 184 g/mol. The summed E-state index contributed by atoms with van der Waals surface area (Å²) in [6.45, 7) is 4.14. The number of aliphatic hydroxyl groups is 1. The molecule has 0 aliphatic heterocycles. The van der Waals surface area contributed by atoms with Gasteiger partial charge in [0.2, 0.25) is 0 Å². The predicted molar refractivity (Wildman–Crippen MR) is 63.0 cm³/mol. The summed E-state index contributed by atoms with van der Waals surface area (Å²) in [6.07, 6.45) is 4.12. The van der Waals surface area contributed by atoms with Crippen LogP contribution in [0.1, 0.15) is 49.7 Å². The van der Waals surface area contributed by atoms with Crippen molar-refractivity contribution in [3.63, 3.8) is 0 Å². The lowest BCUT2D eigenvalue weighted by molar-refractivity contribution is 0.0171. The molecule has 0 amide bonds. The van der Waals surface area contributed by atoms with Crippen LogP contribution in [0.25, 0.3) is 0 Å². The molecule has 0 unspecified atom stereocenters. The molecule has 1 aliphatic rings. The van der Waals surface area contributed by atoms with Crippen molar-refractivity contribution in [1.82, 2.24) is 0 Å². The normalized spacial score (nSPS) is 31.5. The fourth-order valence-corrected chi connectivity index (χ4v) is 2.60. The van der Waals surface area contributed by atoms with Gasteiger partial charge in [0.25, 0.3) is 0 Å². The lowest BCUT2D eigenvalue weighted by Gasteiger charge is -2.33. The first-order chi connectivity index (χ1) is 7.08. The van der Waals surface area contributed by atoms with Crippen LogP contribution in [0.3, 0.4) is 0 Å². The van der Waals surface area contributed by atoms with Crippen LogP contribution in [0.2, 0.25) is 0 Å². The van der Waals surface area contributed by atoms with E-state index in [1.165, 1.54) is 11.1 Å². The molecule has 82 valence electrons. The lowest BCUT2D eigenvalue weighted by Crippen LogP contribution is -2.29. The van der Waals surface area contributed by atoms with Crippen LogP contribution in [0, 0.1) is 6.92 Å². The van der Waals surface area contributed by atoms with E-state index >= 15 is 0 Å². The van der Waals surface area contributed by atoms with Gasteiger partial charge < -0.3 is 5.11 Å². The first kappa shape index (κ1) is 10.7. The van der Waals surface area contributed by atoms with Crippen molar-refractivity contribution in [2.24, 2.45) is 0 Å². The maximum Gasteiger partial charge on any atom is 0.0620 e. The summed E-state index contributed by atoms with van der Waals surface area (Å²) in [5.74, 6) is 0.659. The Kier molecular flexibility index (Phi) is 2.83. The van der Waals surface area contributed by atoms with Gasteiger partial charge in [-0.3, -0.25) is 0 Å². The molecule has 15 heavy (non-hydrogen) atoms. The smallest absolute Gasteiger partial charge is 0.0620 e. The van der Waals surface area contributed by atoms with Crippen molar-refractivity contribution < 1.29 is 5.11 Å². The number of aryl methyl sites for hydroxylation is 1. The molecule has 0 saturated heterocycles. The maximum absolute atomic E-state index is 9.91. The van der Waals surface area contributed by atoms with Crippen LogP contribution in [0.4, 0.5) is 0 Å². The molecule has 1 heteroatoms. The van der Waals surface area contributed by atoms with Crippen molar-refractivity contribution in [1.29, 1.82) is 0 Å². The molecule has 1 N–H and O–H groups in total.